The van der Waals surface area contributed by atoms with Crippen LogP contribution in [0, 0.1) is 5.92 Å². The molecule has 0 saturated heterocycles. The van der Waals surface area contributed by atoms with Crippen molar-refractivity contribution in [3.63, 3.8) is 0 Å². The summed E-state index contributed by atoms with van der Waals surface area (Å²) in [4.78, 5) is 0. The molecule has 1 aromatic rings. The number of para-hydroxylation sites is 1. The molecule has 0 spiro atoms. The normalized spacial score (nSPS) is 16.7. The van der Waals surface area contributed by atoms with E-state index in [4.69, 9.17) is 9.47 Å². The van der Waals surface area contributed by atoms with Gasteiger partial charge in [-0.05, 0) is 32.4 Å². The van der Waals surface area contributed by atoms with Crippen LogP contribution in [0.2, 0.25) is 0 Å². The van der Waals surface area contributed by atoms with E-state index >= 15 is 0 Å². The number of benzene rings is 1. The number of ether oxygens (including phenoxy) is 2. The minimum absolute atomic E-state index is 0.194. The van der Waals surface area contributed by atoms with Gasteiger partial charge in [0.05, 0.1) is 19.3 Å². The molecule has 0 aliphatic heterocycles. The van der Waals surface area contributed by atoms with Crippen molar-refractivity contribution in [3.8, 4) is 5.75 Å². The van der Waals surface area contributed by atoms with Crippen molar-refractivity contribution in [2.45, 2.75) is 38.6 Å². The lowest BCUT2D eigenvalue weighted by atomic mass is 9.83. The van der Waals surface area contributed by atoms with Gasteiger partial charge in [-0.1, -0.05) is 37.5 Å². The van der Waals surface area contributed by atoms with Crippen LogP contribution in [0.25, 0.3) is 0 Å². The average Bonchev–Trinajstić information content (AvgIpc) is 2.42. The molecule has 1 aromatic carbocycles. The summed E-state index contributed by atoms with van der Waals surface area (Å²) in [6.45, 7) is 4.28. The molecule has 0 radical (unpaired) electrons. The van der Waals surface area contributed by atoms with Crippen molar-refractivity contribution >= 4 is 0 Å². The van der Waals surface area contributed by atoms with Crippen LogP contribution < -0.4 is 10.1 Å². The SMILES string of the molecule is CCOc1ccccc1C(COCCC1CCC1)NC. The highest BCUT2D eigenvalue weighted by atomic mass is 16.5. The summed E-state index contributed by atoms with van der Waals surface area (Å²) < 4.78 is 11.6. The highest BCUT2D eigenvalue weighted by Gasteiger charge is 2.18. The van der Waals surface area contributed by atoms with E-state index in [0.29, 0.717) is 13.2 Å². The molecule has 0 amide bonds. The van der Waals surface area contributed by atoms with Crippen molar-refractivity contribution in [1.29, 1.82) is 0 Å². The molecule has 0 heterocycles. The maximum absolute atomic E-state index is 5.86. The number of likely N-dealkylation sites (N-methyl/N-ethyl adjacent to an activating group) is 1. The van der Waals surface area contributed by atoms with Crippen LogP contribution in [0.3, 0.4) is 0 Å². The first-order valence-corrected chi connectivity index (χ1v) is 7.81. The van der Waals surface area contributed by atoms with E-state index in [2.05, 4.69) is 17.4 Å². The maximum atomic E-state index is 5.86. The molecule has 2 rings (SSSR count). The van der Waals surface area contributed by atoms with Crippen LogP contribution in [-0.4, -0.2) is 26.9 Å². The van der Waals surface area contributed by atoms with Gasteiger partial charge in [-0.15, -0.1) is 0 Å². The molecule has 112 valence electrons. The van der Waals surface area contributed by atoms with E-state index in [9.17, 15) is 0 Å². The van der Waals surface area contributed by atoms with Crippen LogP contribution in [-0.2, 0) is 4.74 Å². The van der Waals surface area contributed by atoms with E-state index < -0.39 is 0 Å². The fourth-order valence-electron chi connectivity index (χ4n) is 2.62. The Labute approximate surface area is 122 Å². The summed E-state index contributed by atoms with van der Waals surface area (Å²) in [5.74, 6) is 1.87. The van der Waals surface area contributed by atoms with Crippen LogP contribution in [0.1, 0.15) is 44.2 Å². The summed E-state index contributed by atoms with van der Waals surface area (Å²) >= 11 is 0. The Morgan fingerprint density at radius 2 is 2.10 bits per heavy atom. The zero-order valence-electron chi connectivity index (χ0n) is 12.7. The predicted octanol–water partition coefficient (Wildman–Crippen LogP) is 3.55. The summed E-state index contributed by atoms with van der Waals surface area (Å²) in [5.41, 5.74) is 1.18. The summed E-state index contributed by atoms with van der Waals surface area (Å²) in [7, 11) is 1.97. The lowest BCUT2D eigenvalue weighted by Gasteiger charge is -2.25. The van der Waals surface area contributed by atoms with Gasteiger partial charge in [0.25, 0.3) is 0 Å². The average molecular weight is 277 g/mol. The Morgan fingerprint density at radius 3 is 2.75 bits per heavy atom. The molecule has 0 bridgehead atoms. The second-order valence-electron chi connectivity index (χ2n) is 5.47. The Balaban J connectivity index is 1.83. The second kappa shape index (κ2) is 8.28. The van der Waals surface area contributed by atoms with Gasteiger partial charge in [-0.2, -0.15) is 0 Å². The van der Waals surface area contributed by atoms with E-state index in [0.717, 1.165) is 18.3 Å². The monoisotopic (exact) mass is 277 g/mol. The van der Waals surface area contributed by atoms with E-state index in [1.807, 2.05) is 26.1 Å². The highest BCUT2D eigenvalue weighted by molar-refractivity contribution is 5.36. The molecule has 1 saturated carbocycles. The molecule has 1 unspecified atom stereocenters. The third-order valence-corrected chi connectivity index (χ3v) is 4.12. The fraction of sp³-hybridized carbons (Fsp3) is 0.647. The van der Waals surface area contributed by atoms with Crippen molar-refractivity contribution in [1.82, 2.24) is 5.32 Å². The second-order valence-corrected chi connectivity index (χ2v) is 5.47. The summed E-state index contributed by atoms with van der Waals surface area (Å²) in [6.07, 6.45) is 5.41. The molecule has 1 N–H and O–H groups in total. The molecule has 20 heavy (non-hydrogen) atoms. The Hall–Kier alpha value is -1.06. The quantitative estimate of drug-likeness (QED) is 0.700. The summed E-state index contributed by atoms with van der Waals surface area (Å²) in [5, 5.41) is 3.33. The lowest BCUT2D eigenvalue weighted by molar-refractivity contribution is 0.0897. The van der Waals surface area contributed by atoms with Crippen LogP contribution in [0.4, 0.5) is 0 Å². The molecule has 1 atom stereocenters. The van der Waals surface area contributed by atoms with Crippen LogP contribution in [0.5, 0.6) is 5.75 Å². The summed E-state index contributed by atoms with van der Waals surface area (Å²) in [6, 6.07) is 8.40. The molecular weight excluding hydrogens is 250 g/mol. The van der Waals surface area contributed by atoms with Gasteiger partial charge >= 0.3 is 0 Å². The lowest BCUT2D eigenvalue weighted by Crippen LogP contribution is -2.23. The Bertz CT molecular complexity index is 390. The fourth-order valence-corrected chi connectivity index (χ4v) is 2.62. The van der Waals surface area contributed by atoms with Gasteiger partial charge in [0.1, 0.15) is 5.75 Å². The standard InChI is InChI=1S/C17H27NO2/c1-3-20-17-10-5-4-9-15(17)16(18-2)13-19-12-11-14-7-6-8-14/h4-5,9-10,14,16,18H,3,6-8,11-13H2,1-2H3. The molecule has 0 aromatic heterocycles. The third kappa shape index (κ3) is 4.22. The van der Waals surface area contributed by atoms with Crippen molar-refractivity contribution in [3.05, 3.63) is 29.8 Å². The molecular formula is C17H27NO2. The molecule has 1 aliphatic rings. The van der Waals surface area contributed by atoms with Gasteiger partial charge in [-0.25, -0.2) is 0 Å². The van der Waals surface area contributed by atoms with E-state index in [-0.39, 0.29) is 6.04 Å². The third-order valence-electron chi connectivity index (χ3n) is 4.12. The maximum Gasteiger partial charge on any atom is 0.124 e. The number of nitrogens with one attached hydrogen (secondary N) is 1. The smallest absolute Gasteiger partial charge is 0.124 e. The zero-order valence-corrected chi connectivity index (χ0v) is 12.7. The predicted molar refractivity (Wildman–Crippen MR) is 82.2 cm³/mol. The van der Waals surface area contributed by atoms with Gasteiger partial charge in [0, 0.05) is 12.2 Å². The minimum atomic E-state index is 0.194. The van der Waals surface area contributed by atoms with Gasteiger partial charge in [0.15, 0.2) is 0 Å². The number of rotatable bonds is 9. The molecule has 3 heteroatoms. The molecule has 3 nitrogen and oxygen atoms in total. The first kappa shape index (κ1) is 15.3. The van der Waals surface area contributed by atoms with Crippen LogP contribution in [0.15, 0.2) is 24.3 Å². The minimum Gasteiger partial charge on any atom is -0.494 e. The van der Waals surface area contributed by atoms with Crippen LogP contribution >= 0.6 is 0 Å². The Kier molecular flexibility index (Phi) is 6.34. The van der Waals surface area contributed by atoms with E-state index in [1.54, 1.807) is 0 Å². The number of hydrogen-bond donors (Lipinski definition) is 1. The van der Waals surface area contributed by atoms with E-state index in [1.165, 1.54) is 31.2 Å². The van der Waals surface area contributed by atoms with Crippen molar-refractivity contribution in [2.24, 2.45) is 5.92 Å². The Morgan fingerprint density at radius 1 is 1.30 bits per heavy atom. The largest absolute Gasteiger partial charge is 0.494 e. The van der Waals surface area contributed by atoms with Gasteiger partial charge in [-0.3, -0.25) is 0 Å². The molecule has 1 aliphatic carbocycles. The topological polar surface area (TPSA) is 30.5 Å². The van der Waals surface area contributed by atoms with Crippen molar-refractivity contribution < 1.29 is 9.47 Å². The first-order valence-electron chi connectivity index (χ1n) is 7.81. The van der Waals surface area contributed by atoms with Gasteiger partial charge < -0.3 is 14.8 Å². The zero-order chi connectivity index (χ0) is 14.2. The molecule has 1 fully saturated rings. The van der Waals surface area contributed by atoms with Gasteiger partial charge in [0.2, 0.25) is 0 Å². The first-order chi connectivity index (χ1) is 9.85. The van der Waals surface area contributed by atoms with Crippen molar-refractivity contribution in [2.75, 3.05) is 26.9 Å². The highest BCUT2D eigenvalue weighted by Crippen LogP contribution is 2.29. The number of hydrogen-bond acceptors (Lipinski definition) is 3.